The molecule has 1 saturated heterocycles. The lowest BCUT2D eigenvalue weighted by molar-refractivity contribution is 0.167. The number of halogens is 2. The van der Waals surface area contributed by atoms with Crippen molar-refractivity contribution in [3.05, 3.63) is 22.4 Å². The normalized spacial score (nSPS) is 20.0. The second-order valence-corrected chi connectivity index (χ2v) is 4.70. The summed E-state index contributed by atoms with van der Waals surface area (Å²) in [5.41, 5.74) is 6.16. The summed E-state index contributed by atoms with van der Waals surface area (Å²) in [7, 11) is 0. The van der Waals surface area contributed by atoms with Crippen LogP contribution >= 0.6 is 15.9 Å². The molecule has 1 atom stereocenters. The van der Waals surface area contributed by atoms with Crippen molar-refractivity contribution in [3.8, 4) is 5.75 Å². The number of ether oxygens (including phenoxy) is 2. The molecule has 1 aliphatic heterocycles. The predicted octanol–water partition coefficient (Wildman–Crippen LogP) is 2.59. The van der Waals surface area contributed by atoms with Gasteiger partial charge in [-0.25, -0.2) is 4.39 Å². The first-order valence-electron chi connectivity index (χ1n) is 5.12. The summed E-state index contributed by atoms with van der Waals surface area (Å²) in [5.74, 6) is 0.408. The summed E-state index contributed by atoms with van der Waals surface area (Å²) in [6.45, 7) is 2.00. The first kappa shape index (κ1) is 11.7. The minimum absolute atomic E-state index is 0.349. The first-order chi connectivity index (χ1) is 7.66. The third kappa shape index (κ3) is 2.65. The fraction of sp³-hybridized carbons (Fsp3) is 0.455. The van der Waals surface area contributed by atoms with Gasteiger partial charge in [0, 0.05) is 18.6 Å². The quantitative estimate of drug-likeness (QED) is 0.870. The second kappa shape index (κ2) is 5.01. The summed E-state index contributed by atoms with van der Waals surface area (Å²) in [6, 6.07) is 2.81. The molecule has 0 aromatic heterocycles. The van der Waals surface area contributed by atoms with E-state index in [2.05, 4.69) is 15.9 Å². The molecular formula is C11H13BrFNO2. The van der Waals surface area contributed by atoms with Gasteiger partial charge in [0.1, 0.15) is 11.6 Å². The van der Waals surface area contributed by atoms with E-state index in [0.717, 1.165) is 13.0 Å². The summed E-state index contributed by atoms with van der Waals surface area (Å²) in [6.07, 6.45) is 0.985. The Kier molecular flexibility index (Phi) is 3.66. The van der Waals surface area contributed by atoms with Crippen molar-refractivity contribution in [2.75, 3.05) is 25.6 Å². The van der Waals surface area contributed by atoms with Gasteiger partial charge in [-0.2, -0.15) is 0 Å². The molecule has 1 unspecified atom stereocenters. The number of anilines is 1. The maximum absolute atomic E-state index is 13.3. The Morgan fingerprint density at radius 3 is 3.06 bits per heavy atom. The molecule has 5 heteroatoms. The van der Waals surface area contributed by atoms with E-state index in [4.69, 9.17) is 15.2 Å². The van der Waals surface area contributed by atoms with Gasteiger partial charge >= 0.3 is 0 Å². The molecule has 2 N–H and O–H groups in total. The van der Waals surface area contributed by atoms with E-state index >= 15 is 0 Å². The van der Waals surface area contributed by atoms with E-state index in [-0.39, 0.29) is 5.82 Å². The molecule has 0 saturated carbocycles. The van der Waals surface area contributed by atoms with Gasteiger partial charge in [-0.15, -0.1) is 0 Å². The molecule has 16 heavy (non-hydrogen) atoms. The lowest BCUT2D eigenvalue weighted by Gasteiger charge is -2.12. The predicted molar refractivity (Wildman–Crippen MR) is 62.9 cm³/mol. The summed E-state index contributed by atoms with van der Waals surface area (Å²) in [5, 5.41) is 0. The molecule has 1 aromatic rings. The molecule has 0 amide bonds. The Bertz CT molecular complexity index is 380. The number of benzene rings is 1. The van der Waals surface area contributed by atoms with Gasteiger partial charge in [0.25, 0.3) is 0 Å². The van der Waals surface area contributed by atoms with Crippen LogP contribution < -0.4 is 10.5 Å². The Balaban J connectivity index is 2.00. The van der Waals surface area contributed by atoms with E-state index in [9.17, 15) is 4.39 Å². The van der Waals surface area contributed by atoms with Gasteiger partial charge in [-0.1, -0.05) is 0 Å². The van der Waals surface area contributed by atoms with Crippen LogP contribution in [0.15, 0.2) is 16.6 Å². The van der Waals surface area contributed by atoms with Crippen LogP contribution in [0.5, 0.6) is 5.75 Å². The van der Waals surface area contributed by atoms with Crippen molar-refractivity contribution < 1.29 is 13.9 Å². The van der Waals surface area contributed by atoms with Gasteiger partial charge in [0.2, 0.25) is 0 Å². The Hall–Kier alpha value is -0.810. The fourth-order valence-electron chi connectivity index (χ4n) is 1.59. The van der Waals surface area contributed by atoms with Crippen LogP contribution in [-0.4, -0.2) is 19.8 Å². The maximum Gasteiger partial charge on any atom is 0.145 e. The van der Waals surface area contributed by atoms with Gasteiger partial charge in [0.05, 0.1) is 23.4 Å². The van der Waals surface area contributed by atoms with E-state index in [0.29, 0.717) is 35.0 Å². The van der Waals surface area contributed by atoms with Crippen LogP contribution in [0.4, 0.5) is 10.1 Å². The zero-order valence-electron chi connectivity index (χ0n) is 8.71. The molecule has 88 valence electrons. The zero-order valence-corrected chi connectivity index (χ0v) is 10.3. The molecular weight excluding hydrogens is 277 g/mol. The Labute approximate surface area is 102 Å². The maximum atomic E-state index is 13.3. The minimum Gasteiger partial charge on any atom is -0.491 e. The van der Waals surface area contributed by atoms with Crippen molar-refractivity contribution in [1.82, 2.24) is 0 Å². The number of hydrogen-bond acceptors (Lipinski definition) is 3. The van der Waals surface area contributed by atoms with Gasteiger partial charge in [0.15, 0.2) is 0 Å². The SMILES string of the molecule is Nc1cc(Br)c(F)cc1OCC1CCOC1. The summed E-state index contributed by atoms with van der Waals surface area (Å²) in [4.78, 5) is 0. The molecule has 0 radical (unpaired) electrons. The van der Waals surface area contributed by atoms with E-state index in [1.54, 1.807) is 0 Å². The number of rotatable bonds is 3. The highest BCUT2D eigenvalue weighted by Crippen LogP contribution is 2.29. The molecule has 1 fully saturated rings. The molecule has 3 nitrogen and oxygen atoms in total. The number of nitrogens with two attached hydrogens (primary N) is 1. The van der Waals surface area contributed by atoms with Gasteiger partial charge < -0.3 is 15.2 Å². The highest BCUT2D eigenvalue weighted by atomic mass is 79.9. The van der Waals surface area contributed by atoms with Crippen molar-refractivity contribution in [2.45, 2.75) is 6.42 Å². The monoisotopic (exact) mass is 289 g/mol. The highest BCUT2D eigenvalue weighted by Gasteiger charge is 2.17. The van der Waals surface area contributed by atoms with Gasteiger partial charge in [-0.3, -0.25) is 0 Å². The molecule has 1 heterocycles. The smallest absolute Gasteiger partial charge is 0.145 e. The first-order valence-corrected chi connectivity index (χ1v) is 5.91. The van der Waals surface area contributed by atoms with Crippen LogP contribution in [0.2, 0.25) is 0 Å². The van der Waals surface area contributed by atoms with Crippen LogP contribution in [0, 0.1) is 11.7 Å². The van der Waals surface area contributed by atoms with Gasteiger partial charge in [-0.05, 0) is 28.4 Å². The molecule has 1 aliphatic rings. The summed E-state index contributed by atoms with van der Waals surface area (Å²) >= 11 is 3.07. The zero-order chi connectivity index (χ0) is 11.5. The second-order valence-electron chi connectivity index (χ2n) is 3.84. The average molecular weight is 290 g/mol. The van der Waals surface area contributed by atoms with Crippen molar-refractivity contribution in [3.63, 3.8) is 0 Å². The molecule has 0 aliphatic carbocycles. The lowest BCUT2D eigenvalue weighted by Crippen LogP contribution is -2.12. The molecule has 0 spiro atoms. The lowest BCUT2D eigenvalue weighted by atomic mass is 10.1. The third-order valence-corrected chi connectivity index (χ3v) is 3.16. The fourth-order valence-corrected chi connectivity index (χ4v) is 1.95. The third-order valence-electron chi connectivity index (χ3n) is 2.55. The van der Waals surface area contributed by atoms with Crippen LogP contribution in [-0.2, 0) is 4.74 Å². The van der Waals surface area contributed by atoms with Crippen molar-refractivity contribution in [1.29, 1.82) is 0 Å². The van der Waals surface area contributed by atoms with Crippen LogP contribution in [0.1, 0.15) is 6.42 Å². The molecule has 1 aromatic carbocycles. The Morgan fingerprint density at radius 1 is 1.56 bits per heavy atom. The van der Waals surface area contributed by atoms with Crippen LogP contribution in [0.3, 0.4) is 0 Å². The van der Waals surface area contributed by atoms with E-state index in [1.807, 2.05) is 0 Å². The average Bonchev–Trinajstić information content (AvgIpc) is 2.74. The largest absolute Gasteiger partial charge is 0.491 e. The standard InChI is InChI=1S/C11H13BrFNO2/c12-8-3-10(14)11(4-9(8)13)16-6-7-1-2-15-5-7/h3-4,7H,1-2,5-6,14H2. The molecule has 2 rings (SSSR count). The van der Waals surface area contributed by atoms with Crippen molar-refractivity contribution in [2.24, 2.45) is 5.92 Å². The summed E-state index contributed by atoms with van der Waals surface area (Å²) < 4.78 is 24.3. The van der Waals surface area contributed by atoms with E-state index in [1.165, 1.54) is 12.1 Å². The Morgan fingerprint density at radius 2 is 2.38 bits per heavy atom. The molecule has 0 bridgehead atoms. The topological polar surface area (TPSA) is 44.5 Å². The minimum atomic E-state index is -0.369. The highest BCUT2D eigenvalue weighted by molar-refractivity contribution is 9.10. The number of hydrogen-bond donors (Lipinski definition) is 1. The number of nitrogen functional groups attached to an aromatic ring is 1. The van der Waals surface area contributed by atoms with Crippen molar-refractivity contribution >= 4 is 21.6 Å². The van der Waals surface area contributed by atoms with Crippen LogP contribution in [0.25, 0.3) is 0 Å². The van der Waals surface area contributed by atoms with E-state index < -0.39 is 0 Å².